The molecular formula is C15H23NO2. The predicted molar refractivity (Wildman–Crippen MR) is 72.8 cm³/mol. The van der Waals surface area contributed by atoms with Crippen molar-refractivity contribution in [3.8, 4) is 5.75 Å². The molecule has 0 spiro atoms. The minimum Gasteiger partial charge on any atom is -0.497 e. The van der Waals surface area contributed by atoms with Crippen molar-refractivity contribution in [1.29, 1.82) is 0 Å². The molecule has 100 valence electrons. The second-order valence-electron chi connectivity index (χ2n) is 5.28. The van der Waals surface area contributed by atoms with Gasteiger partial charge in [-0.15, -0.1) is 0 Å². The maximum absolute atomic E-state index is 10.3. The summed E-state index contributed by atoms with van der Waals surface area (Å²) in [5.41, 5.74) is 0.938. The lowest BCUT2D eigenvalue weighted by atomic mass is 9.98. The SMILES string of the molecule is COc1cccc(C(O)CN2CCC(C)CC2)c1. The molecule has 2 rings (SSSR count). The van der Waals surface area contributed by atoms with Crippen molar-refractivity contribution < 1.29 is 9.84 Å². The summed E-state index contributed by atoms with van der Waals surface area (Å²) in [6.07, 6.45) is 2.06. The van der Waals surface area contributed by atoms with Gasteiger partial charge in [-0.05, 0) is 49.5 Å². The van der Waals surface area contributed by atoms with Crippen LogP contribution in [0.1, 0.15) is 31.4 Å². The number of methoxy groups -OCH3 is 1. The van der Waals surface area contributed by atoms with Crippen LogP contribution in [-0.4, -0.2) is 36.8 Å². The van der Waals surface area contributed by atoms with Crippen molar-refractivity contribution in [2.75, 3.05) is 26.7 Å². The Balaban J connectivity index is 1.92. The number of aliphatic hydroxyl groups is 1. The summed E-state index contributed by atoms with van der Waals surface area (Å²) in [6, 6.07) is 7.70. The van der Waals surface area contributed by atoms with Gasteiger partial charge in [-0.1, -0.05) is 19.1 Å². The highest BCUT2D eigenvalue weighted by atomic mass is 16.5. The van der Waals surface area contributed by atoms with Crippen molar-refractivity contribution in [2.24, 2.45) is 5.92 Å². The molecule has 0 radical (unpaired) electrons. The number of likely N-dealkylation sites (tertiary alicyclic amines) is 1. The number of β-amino-alcohol motifs (C(OH)–C–C–N with tert-alkyl or cyclic N) is 1. The first-order valence-electron chi connectivity index (χ1n) is 6.73. The molecule has 0 aromatic heterocycles. The smallest absolute Gasteiger partial charge is 0.119 e. The second kappa shape index (κ2) is 6.21. The summed E-state index contributed by atoms with van der Waals surface area (Å²) >= 11 is 0. The minimum atomic E-state index is -0.423. The summed E-state index contributed by atoms with van der Waals surface area (Å²) in [5.74, 6) is 1.63. The van der Waals surface area contributed by atoms with E-state index in [1.807, 2.05) is 24.3 Å². The van der Waals surface area contributed by atoms with Crippen LogP contribution in [0.2, 0.25) is 0 Å². The average Bonchev–Trinajstić information content (AvgIpc) is 2.41. The molecule has 1 aliphatic rings. The van der Waals surface area contributed by atoms with E-state index < -0.39 is 6.10 Å². The van der Waals surface area contributed by atoms with E-state index in [-0.39, 0.29) is 0 Å². The maximum atomic E-state index is 10.3. The van der Waals surface area contributed by atoms with E-state index in [0.717, 1.165) is 36.9 Å². The van der Waals surface area contributed by atoms with Crippen LogP contribution in [0.15, 0.2) is 24.3 Å². The molecule has 1 N–H and O–H groups in total. The Morgan fingerprint density at radius 2 is 2.11 bits per heavy atom. The van der Waals surface area contributed by atoms with Gasteiger partial charge in [0.05, 0.1) is 13.2 Å². The third-order valence-electron chi connectivity index (χ3n) is 3.79. The molecule has 1 aromatic rings. The topological polar surface area (TPSA) is 32.7 Å². The number of ether oxygens (including phenoxy) is 1. The fourth-order valence-corrected chi connectivity index (χ4v) is 2.44. The zero-order valence-electron chi connectivity index (χ0n) is 11.3. The van der Waals surface area contributed by atoms with E-state index in [1.165, 1.54) is 12.8 Å². The molecule has 3 nitrogen and oxygen atoms in total. The average molecular weight is 249 g/mol. The van der Waals surface area contributed by atoms with Crippen molar-refractivity contribution in [3.63, 3.8) is 0 Å². The van der Waals surface area contributed by atoms with Gasteiger partial charge in [0.1, 0.15) is 5.75 Å². The summed E-state index contributed by atoms with van der Waals surface area (Å²) in [6.45, 7) is 5.22. The van der Waals surface area contributed by atoms with E-state index in [9.17, 15) is 5.11 Å². The fraction of sp³-hybridized carbons (Fsp3) is 0.600. The first-order valence-corrected chi connectivity index (χ1v) is 6.73. The van der Waals surface area contributed by atoms with E-state index in [2.05, 4.69) is 11.8 Å². The van der Waals surface area contributed by atoms with Crippen molar-refractivity contribution in [1.82, 2.24) is 4.90 Å². The molecule has 1 heterocycles. The Kier molecular flexibility index (Phi) is 4.61. The number of benzene rings is 1. The van der Waals surface area contributed by atoms with Gasteiger partial charge in [-0.3, -0.25) is 0 Å². The molecule has 0 bridgehead atoms. The first kappa shape index (κ1) is 13.4. The van der Waals surface area contributed by atoms with Crippen molar-refractivity contribution in [2.45, 2.75) is 25.9 Å². The van der Waals surface area contributed by atoms with Gasteiger partial charge in [0.15, 0.2) is 0 Å². The minimum absolute atomic E-state index is 0.423. The molecule has 18 heavy (non-hydrogen) atoms. The molecule has 0 amide bonds. The Morgan fingerprint density at radius 1 is 1.39 bits per heavy atom. The van der Waals surface area contributed by atoms with E-state index in [0.29, 0.717) is 0 Å². The molecule has 1 aliphatic heterocycles. The molecule has 0 saturated carbocycles. The van der Waals surface area contributed by atoms with Gasteiger partial charge in [-0.25, -0.2) is 0 Å². The number of aliphatic hydroxyl groups excluding tert-OH is 1. The Hall–Kier alpha value is -1.06. The second-order valence-corrected chi connectivity index (χ2v) is 5.28. The fourth-order valence-electron chi connectivity index (χ4n) is 2.44. The maximum Gasteiger partial charge on any atom is 0.119 e. The van der Waals surface area contributed by atoms with E-state index in [1.54, 1.807) is 7.11 Å². The lowest BCUT2D eigenvalue weighted by Crippen LogP contribution is -2.35. The molecule has 0 aliphatic carbocycles. The first-order chi connectivity index (χ1) is 8.69. The summed E-state index contributed by atoms with van der Waals surface area (Å²) in [7, 11) is 1.65. The highest BCUT2D eigenvalue weighted by Crippen LogP contribution is 2.22. The van der Waals surface area contributed by atoms with Crippen LogP contribution < -0.4 is 4.74 Å². The molecular weight excluding hydrogens is 226 g/mol. The Labute approximate surface area is 109 Å². The van der Waals surface area contributed by atoms with E-state index >= 15 is 0 Å². The van der Waals surface area contributed by atoms with Gasteiger partial charge in [-0.2, -0.15) is 0 Å². The highest BCUT2D eigenvalue weighted by molar-refractivity contribution is 5.29. The monoisotopic (exact) mass is 249 g/mol. The Morgan fingerprint density at radius 3 is 2.78 bits per heavy atom. The lowest BCUT2D eigenvalue weighted by Gasteiger charge is -2.31. The predicted octanol–water partition coefficient (Wildman–Crippen LogP) is 2.46. The van der Waals surface area contributed by atoms with Gasteiger partial charge >= 0.3 is 0 Å². The summed E-state index contributed by atoms with van der Waals surface area (Å²) < 4.78 is 5.18. The van der Waals surface area contributed by atoms with Crippen LogP contribution in [0.25, 0.3) is 0 Å². The van der Waals surface area contributed by atoms with Crippen LogP contribution >= 0.6 is 0 Å². The quantitative estimate of drug-likeness (QED) is 0.889. The summed E-state index contributed by atoms with van der Waals surface area (Å²) in [5, 5.41) is 10.3. The van der Waals surface area contributed by atoms with Gasteiger partial charge in [0.2, 0.25) is 0 Å². The third kappa shape index (κ3) is 3.47. The van der Waals surface area contributed by atoms with Gasteiger partial charge in [0.25, 0.3) is 0 Å². The molecule has 1 saturated heterocycles. The Bertz CT molecular complexity index is 373. The van der Waals surface area contributed by atoms with Crippen LogP contribution in [-0.2, 0) is 0 Å². The molecule has 1 unspecified atom stereocenters. The zero-order valence-corrected chi connectivity index (χ0v) is 11.3. The number of hydrogen-bond donors (Lipinski definition) is 1. The van der Waals surface area contributed by atoms with Crippen LogP contribution in [0.5, 0.6) is 5.75 Å². The van der Waals surface area contributed by atoms with Crippen LogP contribution in [0.3, 0.4) is 0 Å². The standard InChI is InChI=1S/C15H23NO2/c1-12-6-8-16(9-7-12)11-15(17)13-4-3-5-14(10-13)18-2/h3-5,10,12,15,17H,6-9,11H2,1-2H3. The third-order valence-corrected chi connectivity index (χ3v) is 3.79. The van der Waals surface area contributed by atoms with Crippen LogP contribution in [0.4, 0.5) is 0 Å². The van der Waals surface area contributed by atoms with Gasteiger partial charge in [0, 0.05) is 6.54 Å². The molecule has 3 heteroatoms. The number of nitrogens with zero attached hydrogens (tertiary/aromatic N) is 1. The number of rotatable bonds is 4. The molecule has 1 atom stereocenters. The largest absolute Gasteiger partial charge is 0.497 e. The van der Waals surface area contributed by atoms with Gasteiger partial charge < -0.3 is 14.7 Å². The summed E-state index contributed by atoms with van der Waals surface area (Å²) in [4.78, 5) is 2.35. The lowest BCUT2D eigenvalue weighted by molar-refractivity contribution is 0.0914. The molecule has 1 fully saturated rings. The highest BCUT2D eigenvalue weighted by Gasteiger charge is 2.19. The molecule has 1 aromatic carbocycles. The van der Waals surface area contributed by atoms with Crippen molar-refractivity contribution >= 4 is 0 Å². The normalized spacial score (nSPS) is 19.7. The van der Waals surface area contributed by atoms with E-state index in [4.69, 9.17) is 4.74 Å². The number of hydrogen-bond acceptors (Lipinski definition) is 3. The zero-order chi connectivity index (χ0) is 13.0. The van der Waals surface area contributed by atoms with Crippen molar-refractivity contribution in [3.05, 3.63) is 29.8 Å². The number of piperidine rings is 1. The van der Waals surface area contributed by atoms with Crippen LogP contribution in [0, 0.1) is 5.92 Å².